The summed E-state index contributed by atoms with van der Waals surface area (Å²) >= 11 is 0. The molecule has 2 rings (SSSR count). The third-order valence-corrected chi connectivity index (χ3v) is 4.36. The Hall–Kier alpha value is -2.42. The Morgan fingerprint density at radius 2 is 1.64 bits per heavy atom. The molecule has 1 amide bonds. The van der Waals surface area contributed by atoms with Gasteiger partial charge in [-0.3, -0.25) is 9.59 Å². The smallest absolute Gasteiger partial charge is 0.255 e. The maximum Gasteiger partial charge on any atom is 0.255 e. The van der Waals surface area contributed by atoms with Crippen LogP contribution in [0.2, 0.25) is 0 Å². The molecule has 0 aromatic heterocycles. The summed E-state index contributed by atoms with van der Waals surface area (Å²) in [5.74, 6) is 0.261. The monoisotopic (exact) mass is 337 g/mol. The predicted molar refractivity (Wildman–Crippen MR) is 103 cm³/mol. The van der Waals surface area contributed by atoms with Crippen molar-refractivity contribution in [3.05, 3.63) is 64.7 Å². The number of aryl methyl sites for hydroxylation is 1. The number of ketones is 1. The van der Waals surface area contributed by atoms with E-state index in [0.29, 0.717) is 5.56 Å². The van der Waals surface area contributed by atoms with E-state index in [1.54, 1.807) is 0 Å². The van der Waals surface area contributed by atoms with Gasteiger partial charge >= 0.3 is 0 Å². The van der Waals surface area contributed by atoms with E-state index in [9.17, 15) is 9.59 Å². The van der Waals surface area contributed by atoms with Gasteiger partial charge in [0.15, 0.2) is 5.78 Å². The lowest BCUT2D eigenvalue weighted by Gasteiger charge is -2.15. The van der Waals surface area contributed by atoms with E-state index in [0.717, 1.165) is 28.8 Å². The predicted octanol–water partition coefficient (Wildman–Crippen LogP) is 5.46. The van der Waals surface area contributed by atoms with Crippen LogP contribution in [0.3, 0.4) is 0 Å². The van der Waals surface area contributed by atoms with Crippen molar-refractivity contribution in [1.82, 2.24) is 0 Å². The molecule has 2 aromatic rings. The molecular formula is C22H27NO2. The largest absolute Gasteiger partial charge is 0.322 e. The van der Waals surface area contributed by atoms with E-state index >= 15 is 0 Å². The summed E-state index contributed by atoms with van der Waals surface area (Å²) in [7, 11) is 0. The van der Waals surface area contributed by atoms with Crippen LogP contribution in [0.5, 0.6) is 0 Å². The molecule has 3 nitrogen and oxygen atoms in total. The molecule has 0 unspecified atom stereocenters. The van der Waals surface area contributed by atoms with E-state index in [1.807, 2.05) is 63.2 Å². The van der Waals surface area contributed by atoms with Crippen molar-refractivity contribution >= 4 is 17.4 Å². The molecule has 0 aliphatic heterocycles. The lowest BCUT2D eigenvalue weighted by molar-refractivity contribution is 0.0938. The summed E-state index contributed by atoms with van der Waals surface area (Å²) < 4.78 is 0. The minimum Gasteiger partial charge on any atom is -0.322 e. The fraction of sp³-hybridized carbons (Fsp3) is 0.364. The van der Waals surface area contributed by atoms with Crippen LogP contribution >= 0.6 is 0 Å². The molecule has 0 heterocycles. The number of Topliss-reactive ketones (excluding diaryl/α,β-unsaturated/α-hetero) is 1. The van der Waals surface area contributed by atoms with E-state index in [2.05, 4.69) is 19.2 Å². The van der Waals surface area contributed by atoms with Crippen LogP contribution in [0.15, 0.2) is 42.5 Å². The van der Waals surface area contributed by atoms with Gasteiger partial charge in [0.05, 0.1) is 0 Å². The minimum atomic E-state index is -0.116. The van der Waals surface area contributed by atoms with Crippen molar-refractivity contribution in [3.8, 4) is 0 Å². The number of hydrogen-bond acceptors (Lipinski definition) is 2. The van der Waals surface area contributed by atoms with Gasteiger partial charge in [0, 0.05) is 22.7 Å². The van der Waals surface area contributed by atoms with Crippen LogP contribution in [0.25, 0.3) is 0 Å². The van der Waals surface area contributed by atoms with Gasteiger partial charge < -0.3 is 5.32 Å². The van der Waals surface area contributed by atoms with Gasteiger partial charge in [-0.25, -0.2) is 0 Å². The lowest BCUT2D eigenvalue weighted by atomic mass is 9.94. The summed E-state index contributed by atoms with van der Waals surface area (Å²) in [4.78, 5) is 25.0. The molecule has 0 radical (unpaired) electrons. The summed E-state index contributed by atoms with van der Waals surface area (Å²) in [5.41, 5.74) is 4.16. The standard InChI is InChI=1S/C22H27NO2/c1-6-16-13-17(11-12-19(16)21(24)15(4)5)23-22(25)20-10-8-7-9-18(20)14(2)3/h7-15H,6H2,1-5H3,(H,23,25). The molecule has 132 valence electrons. The Morgan fingerprint density at radius 3 is 2.24 bits per heavy atom. The number of rotatable bonds is 6. The van der Waals surface area contributed by atoms with E-state index in [-0.39, 0.29) is 23.5 Å². The zero-order chi connectivity index (χ0) is 18.6. The molecule has 0 spiro atoms. The van der Waals surface area contributed by atoms with Gasteiger partial charge in [0.1, 0.15) is 0 Å². The van der Waals surface area contributed by atoms with Gasteiger partial charge in [-0.15, -0.1) is 0 Å². The Bertz CT molecular complexity index is 775. The summed E-state index contributed by atoms with van der Waals surface area (Å²) in [6.45, 7) is 9.98. The number of carbonyl (C=O) groups excluding carboxylic acids is 2. The van der Waals surface area contributed by atoms with Crippen LogP contribution in [-0.2, 0) is 6.42 Å². The SMILES string of the molecule is CCc1cc(NC(=O)c2ccccc2C(C)C)ccc1C(=O)C(C)C. The molecule has 0 aliphatic rings. The Labute approximate surface area is 150 Å². The lowest BCUT2D eigenvalue weighted by Crippen LogP contribution is -2.16. The van der Waals surface area contributed by atoms with Crippen molar-refractivity contribution in [2.75, 3.05) is 5.32 Å². The van der Waals surface area contributed by atoms with Crippen molar-refractivity contribution in [3.63, 3.8) is 0 Å². The highest BCUT2D eigenvalue weighted by Gasteiger charge is 2.16. The van der Waals surface area contributed by atoms with Crippen molar-refractivity contribution in [2.24, 2.45) is 5.92 Å². The fourth-order valence-electron chi connectivity index (χ4n) is 2.92. The zero-order valence-electron chi connectivity index (χ0n) is 15.7. The first-order valence-electron chi connectivity index (χ1n) is 8.92. The maximum absolute atomic E-state index is 12.7. The molecule has 0 aliphatic carbocycles. The molecule has 2 aromatic carbocycles. The molecule has 0 saturated carbocycles. The molecule has 3 heteroatoms. The highest BCUT2D eigenvalue weighted by Crippen LogP contribution is 2.23. The second-order valence-corrected chi connectivity index (χ2v) is 6.94. The van der Waals surface area contributed by atoms with Gasteiger partial charge in [-0.05, 0) is 47.7 Å². The Morgan fingerprint density at radius 1 is 0.960 bits per heavy atom. The van der Waals surface area contributed by atoms with Crippen molar-refractivity contribution in [2.45, 2.75) is 47.0 Å². The van der Waals surface area contributed by atoms with Crippen molar-refractivity contribution < 1.29 is 9.59 Å². The van der Waals surface area contributed by atoms with Gasteiger partial charge in [0.25, 0.3) is 5.91 Å². The van der Waals surface area contributed by atoms with Crippen LogP contribution in [0, 0.1) is 5.92 Å². The molecule has 1 N–H and O–H groups in total. The van der Waals surface area contributed by atoms with Crippen LogP contribution in [0.4, 0.5) is 5.69 Å². The Kier molecular flexibility index (Phi) is 6.13. The number of benzene rings is 2. The van der Waals surface area contributed by atoms with E-state index in [1.165, 1.54) is 0 Å². The number of nitrogens with one attached hydrogen (secondary N) is 1. The third kappa shape index (κ3) is 4.36. The van der Waals surface area contributed by atoms with Crippen LogP contribution in [-0.4, -0.2) is 11.7 Å². The molecule has 0 bridgehead atoms. The van der Waals surface area contributed by atoms with Gasteiger partial charge in [-0.1, -0.05) is 52.8 Å². The average molecular weight is 337 g/mol. The first-order chi connectivity index (χ1) is 11.8. The molecule has 0 fully saturated rings. The normalized spacial score (nSPS) is 11.0. The third-order valence-electron chi connectivity index (χ3n) is 4.36. The number of amides is 1. The zero-order valence-corrected chi connectivity index (χ0v) is 15.7. The molecule has 0 atom stereocenters. The second kappa shape index (κ2) is 8.11. The summed E-state index contributed by atoms with van der Waals surface area (Å²) in [5, 5.41) is 2.97. The van der Waals surface area contributed by atoms with Crippen LogP contribution in [0.1, 0.15) is 72.4 Å². The second-order valence-electron chi connectivity index (χ2n) is 6.94. The first kappa shape index (κ1) is 18.9. The Balaban J connectivity index is 2.29. The fourth-order valence-corrected chi connectivity index (χ4v) is 2.92. The van der Waals surface area contributed by atoms with E-state index in [4.69, 9.17) is 0 Å². The van der Waals surface area contributed by atoms with Gasteiger partial charge in [0.2, 0.25) is 0 Å². The maximum atomic E-state index is 12.7. The van der Waals surface area contributed by atoms with E-state index < -0.39 is 0 Å². The van der Waals surface area contributed by atoms with Crippen molar-refractivity contribution in [1.29, 1.82) is 0 Å². The van der Waals surface area contributed by atoms with Gasteiger partial charge in [-0.2, -0.15) is 0 Å². The molecule has 0 saturated heterocycles. The highest BCUT2D eigenvalue weighted by molar-refractivity contribution is 6.06. The quantitative estimate of drug-likeness (QED) is 0.711. The summed E-state index contributed by atoms with van der Waals surface area (Å²) in [6, 6.07) is 13.2. The van der Waals surface area contributed by atoms with Crippen LogP contribution < -0.4 is 5.32 Å². The number of carbonyl (C=O) groups is 2. The number of anilines is 1. The summed E-state index contributed by atoms with van der Waals surface area (Å²) in [6.07, 6.45) is 0.750. The topological polar surface area (TPSA) is 46.2 Å². The minimum absolute atomic E-state index is 0.0383. The number of hydrogen-bond donors (Lipinski definition) is 1. The average Bonchev–Trinajstić information content (AvgIpc) is 2.60. The first-order valence-corrected chi connectivity index (χ1v) is 8.92. The molecular weight excluding hydrogens is 310 g/mol. The molecule has 25 heavy (non-hydrogen) atoms. The highest BCUT2D eigenvalue weighted by atomic mass is 16.1.